The first-order valence-electron chi connectivity index (χ1n) is 7.86. The molecule has 1 N–H and O–H groups in total. The molecule has 26 heavy (non-hydrogen) atoms. The van der Waals surface area contributed by atoms with Crippen LogP contribution in [0.1, 0.15) is 15.9 Å². The number of rotatable bonds is 6. The lowest BCUT2D eigenvalue weighted by Gasteiger charge is -2.02. The van der Waals surface area contributed by atoms with Crippen molar-refractivity contribution >= 4 is 23.9 Å². The highest BCUT2D eigenvalue weighted by Crippen LogP contribution is 2.15. The molecule has 132 valence electrons. The van der Waals surface area contributed by atoms with E-state index in [1.165, 1.54) is 11.1 Å². The van der Waals surface area contributed by atoms with E-state index in [1.54, 1.807) is 36.0 Å². The van der Waals surface area contributed by atoms with E-state index in [0.29, 0.717) is 5.56 Å². The summed E-state index contributed by atoms with van der Waals surface area (Å²) in [6.07, 6.45) is 6.79. The van der Waals surface area contributed by atoms with Gasteiger partial charge in [-0.05, 0) is 48.2 Å². The molecule has 0 spiro atoms. The maximum absolute atomic E-state index is 12.2. The molecule has 2 aromatic carbocycles. The normalized spacial score (nSPS) is 10.8. The van der Waals surface area contributed by atoms with Crippen LogP contribution < -0.4 is 10.2 Å². The number of methoxy groups -OCH3 is 1. The third-order valence-corrected chi connectivity index (χ3v) is 4.42. The van der Waals surface area contributed by atoms with E-state index in [0.717, 1.165) is 17.0 Å². The van der Waals surface area contributed by atoms with Crippen LogP contribution in [-0.4, -0.2) is 35.3 Å². The molecule has 1 heterocycles. The van der Waals surface area contributed by atoms with Crippen molar-refractivity contribution in [2.45, 2.75) is 4.90 Å². The zero-order valence-corrected chi connectivity index (χ0v) is 15.2. The first-order chi connectivity index (χ1) is 12.7. The average Bonchev–Trinajstić information content (AvgIpc) is 3.19. The van der Waals surface area contributed by atoms with Crippen molar-refractivity contribution in [1.29, 1.82) is 0 Å². The Bertz CT molecular complexity index is 902. The Morgan fingerprint density at radius 2 is 1.92 bits per heavy atom. The van der Waals surface area contributed by atoms with Crippen LogP contribution in [0.2, 0.25) is 0 Å². The predicted octanol–water partition coefficient (Wildman–Crippen LogP) is 3.37. The predicted molar refractivity (Wildman–Crippen MR) is 103 cm³/mol. The number of nitrogens with zero attached hydrogens (tertiary/aromatic N) is 3. The minimum absolute atomic E-state index is 0.318. The number of benzene rings is 2. The Kier molecular flexibility index (Phi) is 5.70. The van der Waals surface area contributed by atoms with E-state index in [9.17, 15) is 4.79 Å². The van der Waals surface area contributed by atoms with Gasteiger partial charge < -0.3 is 4.74 Å². The van der Waals surface area contributed by atoms with E-state index in [2.05, 4.69) is 15.6 Å². The number of hydrogen-bond donors (Lipinski definition) is 1. The van der Waals surface area contributed by atoms with Crippen LogP contribution in [-0.2, 0) is 0 Å². The highest BCUT2D eigenvalue weighted by atomic mass is 32.2. The lowest BCUT2D eigenvalue weighted by Crippen LogP contribution is -2.16. The van der Waals surface area contributed by atoms with Crippen molar-refractivity contribution in [1.82, 2.24) is 15.2 Å². The lowest BCUT2D eigenvalue weighted by atomic mass is 10.2. The summed E-state index contributed by atoms with van der Waals surface area (Å²) in [5.41, 5.74) is 4.69. The topological polar surface area (TPSA) is 68.5 Å². The Morgan fingerprint density at radius 3 is 2.58 bits per heavy atom. The minimum atomic E-state index is -0.318. The minimum Gasteiger partial charge on any atom is -0.497 e. The van der Waals surface area contributed by atoms with Crippen molar-refractivity contribution in [3.8, 4) is 11.4 Å². The lowest BCUT2D eigenvalue weighted by molar-refractivity contribution is 0.0955. The van der Waals surface area contributed by atoms with E-state index in [4.69, 9.17) is 4.74 Å². The Labute approximate surface area is 155 Å². The molecular formula is C19H18N4O2S. The summed E-state index contributed by atoms with van der Waals surface area (Å²) in [4.78, 5) is 13.4. The molecule has 1 aromatic heterocycles. The highest BCUT2D eigenvalue weighted by Gasteiger charge is 2.08. The van der Waals surface area contributed by atoms with Gasteiger partial charge in [-0.1, -0.05) is 12.1 Å². The molecule has 7 heteroatoms. The summed E-state index contributed by atoms with van der Waals surface area (Å²) in [5.74, 6) is 0.445. The molecule has 0 unspecified atom stereocenters. The largest absolute Gasteiger partial charge is 0.497 e. The zero-order chi connectivity index (χ0) is 18.4. The Hall–Kier alpha value is -3.06. The number of ether oxygens (including phenoxy) is 1. The highest BCUT2D eigenvalue weighted by molar-refractivity contribution is 7.98. The van der Waals surface area contributed by atoms with E-state index >= 15 is 0 Å². The molecule has 0 fully saturated rings. The number of nitrogens with one attached hydrogen (secondary N) is 1. The fraction of sp³-hybridized carbons (Fsp3) is 0.105. The quantitative estimate of drug-likeness (QED) is 0.413. The SMILES string of the molecule is COc1ccc(-n2cc(C(=O)N/N=C\c3ccc(SC)cc3)cn2)cc1. The van der Waals surface area contributed by atoms with Gasteiger partial charge in [0, 0.05) is 11.1 Å². The van der Waals surface area contributed by atoms with Gasteiger partial charge in [-0.15, -0.1) is 11.8 Å². The smallest absolute Gasteiger partial charge is 0.274 e. The zero-order valence-electron chi connectivity index (χ0n) is 14.4. The molecule has 1 amide bonds. The van der Waals surface area contributed by atoms with Crippen molar-refractivity contribution in [3.05, 3.63) is 72.1 Å². The van der Waals surface area contributed by atoms with Gasteiger partial charge >= 0.3 is 0 Å². The number of carbonyl (C=O) groups excluding carboxylic acids is 1. The van der Waals surface area contributed by atoms with Crippen molar-refractivity contribution in [2.75, 3.05) is 13.4 Å². The van der Waals surface area contributed by atoms with Gasteiger partial charge in [0.2, 0.25) is 0 Å². The van der Waals surface area contributed by atoms with E-state index in [-0.39, 0.29) is 5.91 Å². The fourth-order valence-electron chi connectivity index (χ4n) is 2.24. The van der Waals surface area contributed by atoms with Gasteiger partial charge in [-0.2, -0.15) is 10.2 Å². The van der Waals surface area contributed by atoms with Gasteiger partial charge in [0.1, 0.15) is 5.75 Å². The van der Waals surface area contributed by atoms with Crippen molar-refractivity contribution in [2.24, 2.45) is 5.10 Å². The summed E-state index contributed by atoms with van der Waals surface area (Å²) < 4.78 is 6.76. The first kappa shape index (κ1) is 17.8. The Balaban J connectivity index is 1.62. The first-order valence-corrected chi connectivity index (χ1v) is 9.08. The monoisotopic (exact) mass is 366 g/mol. The number of hydrazone groups is 1. The number of hydrogen-bond acceptors (Lipinski definition) is 5. The molecular weight excluding hydrogens is 348 g/mol. The molecule has 0 saturated heterocycles. The molecule has 0 saturated carbocycles. The van der Waals surface area contributed by atoms with Crippen LogP contribution in [0.4, 0.5) is 0 Å². The van der Waals surface area contributed by atoms with Crippen molar-refractivity contribution in [3.63, 3.8) is 0 Å². The third-order valence-electron chi connectivity index (χ3n) is 3.68. The van der Waals surface area contributed by atoms with Crippen LogP contribution in [0, 0.1) is 0 Å². The molecule has 0 aliphatic heterocycles. The second-order valence-electron chi connectivity index (χ2n) is 5.34. The van der Waals surface area contributed by atoms with Gasteiger partial charge in [-0.25, -0.2) is 10.1 Å². The van der Waals surface area contributed by atoms with Gasteiger partial charge in [0.15, 0.2) is 0 Å². The summed E-state index contributed by atoms with van der Waals surface area (Å²) in [6.45, 7) is 0. The maximum atomic E-state index is 12.2. The van der Waals surface area contributed by atoms with Crippen LogP contribution in [0.25, 0.3) is 5.69 Å². The van der Waals surface area contributed by atoms with Crippen LogP contribution >= 0.6 is 11.8 Å². The molecule has 6 nitrogen and oxygen atoms in total. The van der Waals surface area contributed by atoms with Crippen LogP contribution in [0.5, 0.6) is 5.75 Å². The summed E-state index contributed by atoms with van der Waals surface area (Å²) in [5, 5.41) is 8.20. The summed E-state index contributed by atoms with van der Waals surface area (Å²) >= 11 is 1.68. The van der Waals surface area contributed by atoms with Gasteiger partial charge in [0.25, 0.3) is 5.91 Å². The molecule has 0 aliphatic rings. The van der Waals surface area contributed by atoms with Crippen LogP contribution in [0.15, 0.2) is 70.9 Å². The van der Waals surface area contributed by atoms with Crippen LogP contribution in [0.3, 0.4) is 0 Å². The van der Waals surface area contributed by atoms with E-state index in [1.807, 2.05) is 54.8 Å². The number of carbonyl (C=O) groups is 1. The third kappa shape index (κ3) is 4.31. The number of aromatic nitrogens is 2. The summed E-state index contributed by atoms with van der Waals surface area (Å²) in [7, 11) is 1.61. The van der Waals surface area contributed by atoms with Gasteiger partial charge in [-0.3, -0.25) is 4.79 Å². The Morgan fingerprint density at radius 1 is 1.19 bits per heavy atom. The van der Waals surface area contributed by atoms with Gasteiger partial charge in [0.05, 0.1) is 30.8 Å². The van der Waals surface area contributed by atoms with E-state index < -0.39 is 0 Å². The number of thioether (sulfide) groups is 1. The fourth-order valence-corrected chi connectivity index (χ4v) is 2.64. The average molecular weight is 366 g/mol. The molecule has 0 bridgehead atoms. The second-order valence-corrected chi connectivity index (χ2v) is 6.22. The number of amides is 1. The summed E-state index contributed by atoms with van der Waals surface area (Å²) in [6, 6.07) is 15.3. The maximum Gasteiger partial charge on any atom is 0.274 e. The molecule has 3 rings (SSSR count). The van der Waals surface area contributed by atoms with Crippen molar-refractivity contribution < 1.29 is 9.53 Å². The standard InChI is InChI=1S/C19H18N4O2S/c1-25-17-7-5-16(6-8-17)23-13-15(12-21-23)19(24)22-20-11-14-3-9-18(26-2)10-4-14/h3-13H,1-2H3,(H,22,24)/b20-11-. The molecule has 3 aromatic rings. The molecule has 0 atom stereocenters. The molecule has 0 radical (unpaired) electrons. The second kappa shape index (κ2) is 8.35. The molecule has 0 aliphatic carbocycles.